The van der Waals surface area contributed by atoms with Crippen molar-refractivity contribution in [3.63, 3.8) is 0 Å². The van der Waals surface area contributed by atoms with Gasteiger partial charge in [0.25, 0.3) is 0 Å². The molecule has 0 amide bonds. The Hall–Kier alpha value is -0.910. The quantitative estimate of drug-likeness (QED) is 0.845. The Balaban J connectivity index is 2.19. The summed E-state index contributed by atoms with van der Waals surface area (Å²) in [5.74, 6) is 0.0521. The fourth-order valence-corrected chi connectivity index (χ4v) is 2.74. The van der Waals surface area contributed by atoms with Gasteiger partial charge in [-0.15, -0.1) is 0 Å². The van der Waals surface area contributed by atoms with Gasteiger partial charge in [-0.1, -0.05) is 11.6 Å². The maximum absolute atomic E-state index is 12.6. The Kier molecular flexibility index (Phi) is 4.28. The van der Waals surface area contributed by atoms with Gasteiger partial charge in [0.15, 0.2) is 5.78 Å². The summed E-state index contributed by atoms with van der Waals surface area (Å²) in [6.07, 6.45) is 1.45. The molecule has 0 atom stereocenters. The van der Waals surface area contributed by atoms with Gasteiger partial charge in [-0.25, -0.2) is 0 Å². The van der Waals surface area contributed by atoms with Crippen molar-refractivity contribution in [2.75, 3.05) is 20.3 Å². The van der Waals surface area contributed by atoms with Crippen LogP contribution in [0.5, 0.6) is 0 Å². The topological polar surface area (TPSA) is 53.3 Å². The standard InChI is InChI=1S/C13H19ClN2O3/c1-9-10(12(14)16(2)15-9)8-11(17)13(18-3)4-6-19-7-5-13/h4-8H2,1-3H3. The van der Waals surface area contributed by atoms with Gasteiger partial charge in [-0.2, -0.15) is 5.10 Å². The molecule has 0 N–H and O–H groups in total. The highest BCUT2D eigenvalue weighted by atomic mass is 35.5. The molecular formula is C13H19ClN2O3. The Labute approximate surface area is 117 Å². The Morgan fingerprint density at radius 3 is 2.63 bits per heavy atom. The minimum Gasteiger partial charge on any atom is -0.381 e. The Bertz CT molecular complexity index is 478. The van der Waals surface area contributed by atoms with Gasteiger partial charge in [0.05, 0.1) is 5.69 Å². The third-order valence-corrected chi connectivity index (χ3v) is 4.28. The molecule has 1 aliphatic rings. The highest BCUT2D eigenvalue weighted by Crippen LogP contribution is 2.29. The minimum atomic E-state index is -0.732. The first-order valence-electron chi connectivity index (χ1n) is 6.34. The van der Waals surface area contributed by atoms with Crippen molar-refractivity contribution in [1.29, 1.82) is 0 Å². The molecule has 5 nitrogen and oxygen atoms in total. The second kappa shape index (κ2) is 5.61. The van der Waals surface area contributed by atoms with Gasteiger partial charge in [-0.3, -0.25) is 9.48 Å². The molecule has 106 valence electrons. The van der Waals surface area contributed by atoms with Gasteiger partial charge < -0.3 is 9.47 Å². The SMILES string of the molecule is COC1(C(=O)Cc2c(C)nn(C)c2Cl)CCOCC1. The highest BCUT2D eigenvalue weighted by molar-refractivity contribution is 6.30. The largest absolute Gasteiger partial charge is 0.381 e. The molecule has 1 aromatic rings. The van der Waals surface area contributed by atoms with Crippen LogP contribution in [0.2, 0.25) is 5.15 Å². The summed E-state index contributed by atoms with van der Waals surface area (Å²) >= 11 is 6.17. The zero-order chi connectivity index (χ0) is 14.0. The third kappa shape index (κ3) is 2.68. The van der Waals surface area contributed by atoms with E-state index in [-0.39, 0.29) is 12.2 Å². The summed E-state index contributed by atoms with van der Waals surface area (Å²) in [6.45, 7) is 2.97. The Morgan fingerprint density at radius 2 is 2.16 bits per heavy atom. The van der Waals surface area contributed by atoms with Crippen LogP contribution in [0.25, 0.3) is 0 Å². The summed E-state index contributed by atoms with van der Waals surface area (Å²) in [5.41, 5.74) is 0.848. The first kappa shape index (κ1) is 14.5. The summed E-state index contributed by atoms with van der Waals surface area (Å²) in [6, 6.07) is 0. The lowest BCUT2D eigenvalue weighted by Crippen LogP contribution is -2.46. The van der Waals surface area contributed by atoms with Crippen molar-refractivity contribution < 1.29 is 14.3 Å². The van der Waals surface area contributed by atoms with Gasteiger partial charge >= 0.3 is 0 Å². The van der Waals surface area contributed by atoms with E-state index in [0.717, 1.165) is 11.3 Å². The number of aromatic nitrogens is 2. The molecule has 0 saturated carbocycles. The number of ether oxygens (including phenoxy) is 2. The number of nitrogens with zero attached hydrogens (tertiary/aromatic N) is 2. The van der Waals surface area contributed by atoms with Crippen LogP contribution in [0.15, 0.2) is 0 Å². The van der Waals surface area contributed by atoms with Crippen LogP contribution in [-0.4, -0.2) is 41.5 Å². The van der Waals surface area contributed by atoms with Crippen LogP contribution in [0.4, 0.5) is 0 Å². The summed E-state index contributed by atoms with van der Waals surface area (Å²) in [5, 5.41) is 4.74. The first-order chi connectivity index (χ1) is 9.00. The van der Waals surface area contributed by atoms with Crippen LogP contribution < -0.4 is 0 Å². The maximum Gasteiger partial charge on any atom is 0.169 e. The van der Waals surface area contributed by atoms with Crippen molar-refractivity contribution in [3.8, 4) is 0 Å². The first-order valence-corrected chi connectivity index (χ1v) is 6.72. The number of carbonyl (C=O) groups excluding carboxylic acids is 1. The minimum absolute atomic E-state index is 0.0521. The predicted octanol–water partition coefficient (Wildman–Crippen LogP) is 1.69. The molecule has 6 heteroatoms. The molecule has 0 radical (unpaired) electrons. The second-order valence-corrected chi connectivity index (χ2v) is 5.25. The van der Waals surface area contributed by atoms with Crippen molar-refractivity contribution in [2.45, 2.75) is 31.8 Å². The van der Waals surface area contributed by atoms with Gasteiger partial charge in [0, 0.05) is 52.2 Å². The number of hydrogen-bond acceptors (Lipinski definition) is 4. The number of aryl methyl sites for hydroxylation is 2. The maximum atomic E-state index is 12.6. The zero-order valence-electron chi connectivity index (χ0n) is 11.5. The molecular weight excluding hydrogens is 268 g/mol. The number of methoxy groups -OCH3 is 1. The Morgan fingerprint density at radius 1 is 1.53 bits per heavy atom. The highest BCUT2D eigenvalue weighted by Gasteiger charge is 2.40. The lowest BCUT2D eigenvalue weighted by atomic mass is 9.86. The third-order valence-electron chi connectivity index (χ3n) is 3.81. The monoisotopic (exact) mass is 286 g/mol. The van der Waals surface area contributed by atoms with E-state index in [1.165, 1.54) is 0 Å². The molecule has 1 aromatic heterocycles. The molecule has 1 aliphatic heterocycles. The number of carbonyl (C=O) groups is 1. The van der Waals surface area contributed by atoms with Crippen LogP contribution in [0, 0.1) is 6.92 Å². The van der Waals surface area contributed by atoms with E-state index in [4.69, 9.17) is 21.1 Å². The van der Waals surface area contributed by atoms with Crippen molar-refractivity contribution in [3.05, 3.63) is 16.4 Å². The molecule has 0 spiro atoms. The average Bonchev–Trinajstić information content (AvgIpc) is 2.66. The molecule has 19 heavy (non-hydrogen) atoms. The van der Waals surface area contributed by atoms with E-state index >= 15 is 0 Å². The van der Waals surface area contributed by atoms with Crippen molar-refractivity contribution in [2.24, 2.45) is 7.05 Å². The van der Waals surface area contributed by atoms with E-state index in [2.05, 4.69) is 5.10 Å². The fourth-order valence-electron chi connectivity index (χ4n) is 2.49. The van der Waals surface area contributed by atoms with E-state index < -0.39 is 5.60 Å². The molecule has 1 fully saturated rings. The lowest BCUT2D eigenvalue weighted by molar-refractivity contribution is -0.151. The number of Topliss-reactive ketones (excluding diaryl/α,β-unsaturated/α-hetero) is 1. The number of halogens is 1. The number of rotatable bonds is 4. The van der Waals surface area contributed by atoms with E-state index in [9.17, 15) is 4.79 Å². The van der Waals surface area contributed by atoms with Crippen molar-refractivity contribution >= 4 is 17.4 Å². The number of hydrogen-bond donors (Lipinski definition) is 0. The van der Waals surface area contributed by atoms with Crippen LogP contribution in [0.1, 0.15) is 24.1 Å². The summed E-state index contributed by atoms with van der Waals surface area (Å²) in [7, 11) is 3.35. The molecule has 2 heterocycles. The van der Waals surface area contributed by atoms with E-state index in [1.807, 2.05) is 6.92 Å². The van der Waals surface area contributed by atoms with Crippen molar-refractivity contribution in [1.82, 2.24) is 9.78 Å². The smallest absolute Gasteiger partial charge is 0.169 e. The molecule has 0 bridgehead atoms. The molecule has 0 unspecified atom stereocenters. The van der Waals surface area contributed by atoms with Crippen LogP contribution in [0.3, 0.4) is 0 Å². The zero-order valence-corrected chi connectivity index (χ0v) is 12.3. The average molecular weight is 287 g/mol. The van der Waals surface area contributed by atoms with E-state index in [1.54, 1.807) is 18.8 Å². The summed E-state index contributed by atoms with van der Waals surface area (Å²) < 4.78 is 12.4. The molecule has 0 aliphatic carbocycles. The fraction of sp³-hybridized carbons (Fsp3) is 0.692. The molecule has 1 saturated heterocycles. The second-order valence-electron chi connectivity index (χ2n) is 4.89. The lowest BCUT2D eigenvalue weighted by Gasteiger charge is -2.34. The number of ketones is 1. The van der Waals surface area contributed by atoms with Crippen LogP contribution in [-0.2, 0) is 27.7 Å². The van der Waals surface area contributed by atoms with Crippen LogP contribution >= 0.6 is 11.6 Å². The van der Waals surface area contributed by atoms with E-state index in [0.29, 0.717) is 31.2 Å². The molecule has 0 aromatic carbocycles. The molecule has 2 rings (SSSR count). The summed E-state index contributed by atoms with van der Waals surface area (Å²) in [4.78, 5) is 12.6. The van der Waals surface area contributed by atoms with Gasteiger partial charge in [0.1, 0.15) is 10.8 Å². The normalized spacial score (nSPS) is 18.5. The van der Waals surface area contributed by atoms with Gasteiger partial charge in [0.2, 0.25) is 0 Å². The predicted molar refractivity (Wildman–Crippen MR) is 71.5 cm³/mol. The van der Waals surface area contributed by atoms with Gasteiger partial charge in [-0.05, 0) is 6.92 Å².